The molecule has 9 heteroatoms. The highest BCUT2D eigenvalue weighted by Gasteiger charge is 2.13. The van der Waals surface area contributed by atoms with Crippen LogP contribution in [0.4, 0.5) is 15.8 Å². The van der Waals surface area contributed by atoms with Crippen molar-refractivity contribution in [1.82, 2.24) is 0 Å². The lowest BCUT2D eigenvalue weighted by Crippen LogP contribution is -2.17. The van der Waals surface area contributed by atoms with Crippen molar-refractivity contribution in [2.75, 3.05) is 11.9 Å². The minimum absolute atomic E-state index is 0.175. The van der Waals surface area contributed by atoms with Crippen LogP contribution in [0.5, 0.6) is 0 Å². The summed E-state index contributed by atoms with van der Waals surface area (Å²) < 4.78 is 17.6. The summed E-state index contributed by atoms with van der Waals surface area (Å²) >= 11 is 0. The van der Waals surface area contributed by atoms with E-state index in [0.29, 0.717) is 0 Å². The van der Waals surface area contributed by atoms with Gasteiger partial charge >= 0.3 is 5.97 Å². The minimum atomic E-state index is -0.750. The van der Waals surface area contributed by atoms with Crippen molar-refractivity contribution in [3.8, 4) is 0 Å². The molecule has 0 spiro atoms. The zero-order chi connectivity index (χ0) is 19.8. The SMILES string of the molecule is O=C(CCC(=O)OCC(=O)c1ccc(F)cc1)Nc1cccc([N+](=O)[O-])c1. The Balaban J connectivity index is 1.75. The Bertz CT molecular complexity index is 866. The average molecular weight is 374 g/mol. The summed E-state index contributed by atoms with van der Waals surface area (Å²) in [6.45, 7) is -0.517. The van der Waals surface area contributed by atoms with E-state index >= 15 is 0 Å². The summed E-state index contributed by atoms with van der Waals surface area (Å²) in [4.78, 5) is 45.3. The smallest absolute Gasteiger partial charge is 0.306 e. The fourth-order valence-electron chi connectivity index (χ4n) is 2.07. The number of ether oxygens (including phenoxy) is 1. The van der Waals surface area contributed by atoms with Crippen LogP contribution in [0.15, 0.2) is 48.5 Å². The van der Waals surface area contributed by atoms with E-state index < -0.39 is 35.0 Å². The normalized spacial score (nSPS) is 10.1. The molecule has 2 aromatic rings. The van der Waals surface area contributed by atoms with Gasteiger partial charge in [0.2, 0.25) is 5.91 Å². The summed E-state index contributed by atoms with van der Waals surface area (Å²) in [5, 5.41) is 13.1. The third-order valence-corrected chi connectivity index (χ3v) is 3.43. The van der Waals surface area contributed by atoms with Gasteiger partial charge in [0.25, 0.3) is 5.69 Å². The zero-order valence-electron chi connectivity index (χ0n) is 14.0. The van der Waals surface area contributed by atoms with Gasteiger partial charge in [0.15, 0.2) is 12.4 Å². The third-order valence-electron chi connectivity index (χ3n) is 3.43. The fraction of sp³-hybridized carbons (Fsp3) is 0.167. The van der Waals surface area contributed by atoms with Gasteiger partial charge in [0.1, 0.15) is 5.82 Å². The maximum absolute atomic E-state index is 12.8. The molecule has 8 nitrogen and oxygen atoms in total. The quantitative estimate of drug-likeness (QED) is 0.329. The molecule has 0 saturated heterocycles. The highest BCUT2D eigenvalue weighted by Crippen LogP contribution is 2.17. The van der Waals surface area contributed by atoms with Gasteiger partial charge in [-0.15, -0.1) is 0 Å². The van der Waals surface area contributed by atoms with Crippen LogP contribution in [0.1, 0.15) is 23.2 Å². The second-order valence-electron chi connectivity index (χ2n) is 5.45. The highest BCUT2D eigenvalue weighted by atomic mass is 19.1. The molecule has 0 bridgehead atoms. The van der Waals surface area contributed by atoms with Crippen molar-refractivity contribution in [3.63, 3.8) is 0 Å². The monoisotopic (exact) mass is 374 g/mol. The lowest BCUT2D eigenvalue weighted by atomic mass is 10.1. The topological polar surface area (TPSA) is 116 Å². The summed E-state index contributed by atoms with van der Waals surface area (Å²) in [5.41, 5.74) is 0.258. The Hall–Kier alpha value is -3.62. The van der Waals surface area contributed by atoms with Gasteiger partial charge in [-0.25, -0.2) is 4.39 Å². The first-order valence-electron chi connectivity index (χ1n) is 7.84. The molecule has 27 heavy (non-hydrogen) atoms. The molecular formula is C18H15FN2O6. The highest BCUT2D eigenvalue weighted by molar-refractivity contribution is 5.98. The van der Waals surface area contributed by atoms with Gasteiger partial charge in [-0.1, -0.05) is 6.07 Å². The summed E-state index contributed by atoms with van der Waals surface area (Å²) in [6, 6.07) is 10.2. The second kappa shape index (κ2) is 9.18. The Morgan fingerprint density at radius 2 is 1.78 bits per heavy atom. The first-order valence-corrected chi connectivity index (χ1v) is 7.84. The van der Waals surface area contributed by atoms with Crippen molar-refractivity contribution in [1.29, 1.82) is 0 Å². The summed E-state index contributed by atoms with van der Waals surface area (Å²) in [5.74, 6) is -2.26. The van der Waals surface area contributed by atoms with E-state index in [-0.39, 0.29) is 29.8 Å². The predicted octanol–water partition coefficient (Wildman–Crippen LogP) is 2.88. The molecule has 0 unspecified atom stereocenters. The van der Waals surface area contributed by atoms with Crippen LogP contribution in [-0.4, -0.2) is 29.2 Å². The number of amides is 1. The van der Waals surface area contributed by atoms with Crippen LogP contribution in [0.3, 0.4) is 0 Å². The first-order chi connectivity index (χ1) is 12.8. The molecule has 0 aliphatic rings. The van der Waals surface area contributed by atoms with Crippen molar-refractivity contribution < 1.29 is 28.4 Å². The van der Waals surface area contributed by atoms with Crippen molar-refractivity contribution in [2.24, 2.45) is 0 Å². The fourth-order valence-corrected chi connectivity index (χ4v) is 2.07. The molecule has 0 saturated carbocycles. The van der Waals surface area contributed by atoms with E-state index in [2.05, 4.69) is 5.32 Å². The number of nitrogens with zero attached hydrogens (tertiary/aromatic N) is 1. The molecule has 0 aromatic heterocycles. The predicted molar refractivity (Wildman–Crippen MR) is 92.6 cm³/mol. The molecule has 140 valence electrons. The number of non-ortho nitro benzene ring substituents is 1. The van der Waals surface area contributed by atoms with Gasteiger partial charge in [0, 0.05) is 29.8 Å². The maximum Gasteiger partial charge on any atom is 0.306 e. The number of carbonyl (C=O) groups excluding carboxylic acids is 3. The largest absolute Gasteiger partial charge is 0.457 e. The molecule has 1 N–H and O–H groups in total. The van der Waals surface area contributed by atoms with Crippen LogP contribution in [-0.2, 0) is 14.3 Å². The number of nitro groups is 1. The number of hydrogen-bond donors (Lipinski definition) is 1. The number of hydrogen-bond acceptors (Lipinski definition) is 6. The van der Waals surface area contributed by atoms with Crippen LogP contribution < -0.4 is 5.32 Å². The van der Waals surface area contributed by atoms with Crippen LogP contribution in [0.25, 0.3) is 0 Å². The Morgan fingerprint density at radius 3 is 2.44 bits per heavy atom. The third kappa shape index (κ3) is 6.31. The number of carbonyl (C=O) groups is 3. The number of Topliss-reactive ketones (excluding diaryl/α,β-unsaturated/α-hetero) is 1. The van der Waals surface area contributed by atoms with Gasteiger partial charge in [-0.05, 0) is 30.3 Å². The first kappa shape index (κ1) is 19.7. The molecule has 0 heterocycles. The zero-order valence-corrected chi connectivity index (χ0v) is 14.0. The number of nitro benzene ring substituents is 1. The number of benzene rings is 2. The number of anilines is 1. The van der Waals surface area contributed by atoms with Gasteiger partial charge < -0.3 is 10.1 Å². The van der Waals surface area contributed by atoms with E-state index in [1.807, 2.05) is 0 Å². The second-order valence-corrected chi connectivity index (χ2v) is 5.45. The van der Waals surface area contributed by atoms with Crippen LogP contribution in [0.2, 0.25) is 0 Å². The van der Waals surface area contributed by atoms with Crippen molar-refractivity contribution >= 4 is 29.0 Å². The maximum atomic E-state index is 12.8. The standard InChI is InChI=1S/C18H15FN2O6/c19-13-6-4-12(5-7-13)16(22)11-27-18(24)9-8-17(23)20-14-2-1-3-15(10-14)21(25)26/h1-7,10H,8-9,11H2,(H,20,23). The van der Waals surface area contributed by atoms with Gasteiger partial charge in [-0.3, -0.25) is 24.5 Å². The molecule has 2 aromatic carbocycles. The molecule has 0 atom stereocenters. The Kier molecular flexibility index (Phi) is 6.70. The molecular weight excluding hydrogens is 359 g/mol. The number of ketones is 1. The molecule has 0 fully saturated rings. The van der Waals surface area contributed by atoms with E-state index in [4.69, 9.17) is 4.74 Å². The lowest BCUT2D eigenvalue weighted by Gasteiger charge is -2.06. The van der Waals surface area contributed by atoms with Gasteiger partial charge in [0.05, 0.1) is 11.3 Å². The Morgan fingerprint density at radius 1 is 1.07 bits per heavy atom. The molecule has 0 aliphatic heterocycles. The Labute approximate surface area is 153 Å². The molecule has 1 amide bonds. The van der Waals surface area contributed by atoms with E-state index in [0.717, 1.165) is 12.1 Å². The van der Waals surface area contributed by atoms with Gasteiger partial charge in [-0.2, -0.15) is 0 Å². The number of nitrogens with one attached hydrogen (secondary N) is 1. The minimum Gasteiger partial charge on any atom is -0.457 e. The number of halogens is 1. The summed E-state index contributed by atoms with van der Waals surface area (Å²) in [6.07, 6.45) is -0.482. The summed E-state index contributed by atoms with van der Waals surface area (Å²) in [7, 11) is 0. The van der Waals surface area contributed by atoms with Crippen molar-refractivity contribution in [2.45, 2.75) is 12.8 Å². The van der Waals surface area contributed by atoms with Crippen molar-refractivity contribution in [3.05, 3.63) is 70.0 Å². The molecule has 2 rings (SSSR count). The van der Waals surface area contributed by atoms with Crippen LogP contribution >= 0.6 is 0 Å². The number of esters is 1. The van der Waals surface area contributed by atoms with E-state index in [9.17, 15) is 28.9 Å². The van der Waals surface area contributed by atoms with E-state index in [1.165, 1.54) is 36.4 Å². The average Bonchev–Trinajstić information content (AvgIpc) is 2.65. The molecule has 0 aliphatic carbocycles. The molecule has 0 radical (unpaired) electrons. The number of rotatable bonds is 8. The van der Waals surface area contributed by atoms with E-state index in [1.54, 1.807) is 0 Å². The van der Waals surface area contributed by atoms with Crippen LogP contribution in [0, 0.1) is 15.9 Å². The lowest BCUT2D eigenvalue weighted by molar-refractivity contribution is -0.384.